The van der Waals surface area contributed by atoms with E-state index in [4.69, 9.17) is 4.74 Å². The number of amides is 1. The van der Waals surface area contributed by atoms with Crippen molar-refractivity contribution >= 4 is 27.5 Å². The highest BCUT2D eigenvalue weighted by atomic mass is 32.1. The fourth-order valence-electron chi connectivity index (χ4n) is 2.84. The Bertz CT molecular complexity index is 745. The maximum absolute atomic E-state index is 14.2. The summed E-state index contributed by atoms with van der Waals surface area (Å²) in [7, 11) is 1.60. The fraction of sp³-hybridized carbons (Fsp3) is 0.556. The van der Waals surface area contributed by atoms with Gasteiger partial charge in [-0.15, -0.1) is 0 Å². The maximum atomic E-state index is 14.2. The molecular weight excluding hydrogens is 327 g/mol. The summed E-state index contributed by atoms with van der Waals surface area (Å²) >= 11 is 1.35. The first kappa shape index (κ1) is 18.8. The first-order chi connectivity index (χ1) is 11.6. The van der Waals surface area contributed by atoms with Gasteiger partial charge in [0.15, 0.2) is 4.80 Å². The molecule has 4 nitrogen and oxygen atoms in total. The van der Waals surface area contributed by atoms with Gasteiger partial charge in [0, 0.05) is 19.6 Å². The first-order valence-electron chi connectivity index (χ1n) is 8.47. The molecule has 0 aliphatic carbocycles. The Morgan fingerprint density at radius 3 is 2.67 bits per heavy atom. The zero-order chi connectivity index (χ0) is 17.5. The number of hydrogen-bond donors (Lipinski definition) is 0. The number of para-hydroxylation sites is 1. The molecule has 0 bridgehead atoms. The van der Waals surface area contributed by atoms with Gasteiger partial charge >= 0.3 is 0 Å². The number of aromatic nitrogens is 1. The van der Waals surface area contributed by atoms with Gasteiger partial charge in [-0.05, 0) is 25.0 Å². The lowest BCUT2D eigenvalue weighted by atomic mass is 9.98. The van der Waals surface area contributed by atoms with Crippen molar-refractivity contribution in [3.8, 4) is 0 Å². The third-order valence-electron chi connectivity index (χ3n) is 4.00. The van der Waals surface area contributed by atoms with Crippen molar-refractivity contribution < 1.29 is 13.9 Å². The number of ether oxygens (including phenoxy) is 1. The van der Waals surface area contributed by atoms with Crippen molar-refractivity contribution in [2.75, 3.05) is 13.7 Å². The molecule has 0 unspecified atom stereocenters. The Morgan fingerprint density at radius 2 is 2.04 bits per heavy atom. The van der Waals surface area contributed by atoms with E-state index in [-0.39, 0.29) is 17.6 Å². The molecule has 2 rings (SSSR count). The van der Waals surface area contributed by atoms with Gasteiger partial charge in [-0.3, -0.25) is 4.79 Å². The number of methoxy groups -OCH3 is 1. The highest BCUT2D eigenvalue weighted by Gasteiger charge is 2.17. The molecule has 0 fully saturated rings. The predicted octanol–water partition coefficient (Wildman–Crippen LogP) is 4.13. The van der Waals surface area contributed by atoms with Gasteiger partial charge in [-0.2, -0.15) is 4.99 Å². The molecule has 0 spiro atoms. The van der Waals surface area contributed by atoms with Crippen LogP contribution in [0.25, 0.3) is 10.2 Å². The number of nitrogens with zero attached hydrogens (tertiary/aromatic N) is 2. The van der Waals surface area contributed by atoms with Gasteiger partial charge in [0.05, 0.1) is 16.8 Å². The van der Waals surface area contributed by atoms with Crippen LogP contribution in [0.1, 0.15) is 39.5 Å². The minimum absolute atomic E-state index is 0.0501. The Balaban J connectivity index is 2.49. The summed E-state index contributed by atoms with van der Waals surface area (Å²) in [5, 5.41) is 0. The van der Waals surface area contributed by atoms with Crippen molar-refractivity contribution in [1.82, 2.24) is 4.57 Å². The number of carbonyl (C=O) groups excluding carboxylic acids is 1. The zero-order valence-corrected chi connectivity index (χ0v) is 15.4. The van der Waals surface area contributed by atoms with E-state index in [0.29, 0.717) is 23.5 Å². The van der Waals surface area contributed by atoms with Crippen molar-refractivity contribution in [1.29, 1.82) is 0 Å². The molecule has 1 heterocycles. The van der Waals surface area contributed by atoms with E-state index in [0.717, 1.165) is 30.4 Å². The summed E-state index contributed by atoms with van der Waals surface area (Å²) in [6.07, 6.45) is 3.59. The minimum atomic E-state index is -0.299. The molecule has 24 heavy (non-hydrogen) atoms. The number of benzene rings is 1. The van der Waals surface area contributed by atoms with Crippen LogP contribution in [0.15, 0.2) is 23.2 Å². The molecule has 0 aliphatic rings. The molecule has 1 amide bonds. The molecule has 1 aromatic heterocycles. The van der Waals surface area contributed by atoms with Gasteiger partial charge in [0.2, 0.25) is 0 Å². The highest BCUT2D eigenvalue weighted by molar-refractivity contribution is 7.16. The monoisotopic (exact) mass is 352 g/mol. The van der Waals surface area contributed by atoms with E-state index < -0.39 is 0 Å². The fourth-order valence-corrected chi connectivity index (χ4v) is 3.91. The Morgan fingerprint density at radius 1 is 1.33 bits per heavy atom. The average Bonchev–Trinajstić information content (AvgIpc) is 2.91. The maximum Gasteiger partial charge on any atom is 0.251 e. The molecule has 0 saturated heterocycles. The van der Waals surface area contributed by atoms with E-state index in [1.807, 2.05) is 6.07 Å². The molecule has 0 saturated carbocycles. The smallest absolute Gasteiger partial charge is 0.251 e. The van der Waals surface area contributed by atoms with Crippen LogP contribution in [-0.4, -0.2) is 24.2 Å². The lowest BCUT2D eigenvalue weighted by Crippen LogP contribution is -2.22. The summed E-state index contributed by atoms with van der Waals surface area (Å²) in [6.45, 7) is 5.05. The van der Waals surface area contributed by atoms with E-state index >= 15 is 0 Å². The number of carbonyl (C=O) groups is 1. The van der Waals surface area contributed by atoms with E-state index in [1.54, 1.807) is 17.7 Å². The molecule has 0 atom stereocenters. The Kier molecular flexibility index (Phi) is 7.12. The lowest BCUT2D eigenvalue weighted by molar-refractivity contribution is -0.122. The normalized spacial score (nSPS) is 12.5. The molecular formula is C18H25FN2O2S. The van der Waals surface area contributed by atoms with E-state index in [9.17, 15) is 9.18 Å². The average molecular weight is 352 g/mol. The van der Waals surface area contributed by atoms with E-state index in [1.165, 1.54) is 17.4 Å². The van der Waals surface area contributed by atoms with Crippen LogP contribution >= 0.6 is 11.3 Å². The van der Waals surface area contributed by atoms with Crippen LogP contribution in [0.2, 0.25) is 0 Å². The summed E-state index contributed by atoms with van der Waals surface area (Å²) in [5.41, 5.74) is 0.494. The first-order valence-corrected chi connectivity index (χ1v) is 9.29. The van der Waals surface area contributed by atoms with Crippen molar-refractivity contribution in [3.05, 3.63) is 28.8 Å². The van der Waals surface area contributed by atoms with Gasteiger partial charge in [0.1, 0.15) is 5.82 Å². The van der Waals surface area contributed by atoms with Crippen molar-refractivity contribution in [3.63, 3.8) is 0 Å². The van der Waals surface area contributed by atoms with Crippen LogP contribution in [0.3, 0.4) is 0 Å². The largest absolute Gasteiger partial charge is 0.383 e. The van der Waals surface area contributed by atoms with Gasteiger partial charge in [-0.25, -0.2) is 4.39 Å². The highest BCUT2D eigenvalue weighted by Crippen LogP contribution is 2.21. The summed E-state index contributed by atoms with van der Waals surface area (Å²) < 4.78 is 21.9. The third-order valence-corrected chi connectivity index (χ3v) is 5.04. The summed E-state index contributed by atoms with van der Waals surface area (Å²) in [5.74, 6) is -0.449. The molecule has 0 N–H and O–H groups in total. The minimum Gasteiger partial charge on any atom is -0.383 e. The second-order valence-electron chi connectivity index (χ2n) is 5.84. The van der Waals surface area contributed by atoms with Crippen LogP contribution in [0.4, 0.5) is 4.39 Å². The van der Waals surface area contributed by atoms with Crippen LogP contribution < -0.4 is 4.80 Å². The van der Waals surface area contributed by atoms with Gasteiger partial charge < -0.3 is 9.30 Å². The van der Waals surface area contributed by atoms with Gasteiger partial charge in [-0.1, -0.05) is 44.1 Å². The number of halogens is 1. The quantitative estimate of drug-likeness (QED) is 0.717. The Hall–Kier alpha value is -1.53. The van der Waals surface area contributed by atoms with Crippen LogP contribution in [0.5, 0.6) is 0 Å². The number of thiazole rings is 1. The SMILES string of the molecule is CCCC(CCC)C(=O)N=c1sc2cccc(F)c2n1CCOC. The molecule has 132 valence electrons. The van der Waals surface area contributed by atoms with E-state index in [2.05, 4.69) is 18.8 Å². The zero-order valence-electron chi connectivity index (χ0n) is 14.5. The Labute approximate surface area is 146 Å². The molecule has 6 heteroatoms. The van der Waals surface area contributed by atoms with Crippen molar-refractivity contribution in [2.45, 2.75) is 46.1 Å². The third kappa shape index (κ3) is 4.30. The second kappa shape index (κ2) is 9.08. The topological polar surface area (TPSA) is 43.6 Å². The molecule has 2 aromatic rings. The van der Waals surface area contributed by atoms with Gasteiger partial charge in [0.25, 0.3) is 5.91 Å². The van der Waals surface area contributed by atoms with Crippen LogP contribution in [-0.2, 0) is 16.1 Å². The van der Waals surface area contributed by atoms with Crippen LogP contribution in [0, 0.1) is 11.7 Å². The standard InChI is InChI=1S/C18H25FN2O2S/c1-4-7-13(8-5-2)17(22)20-18-21(11-12-23-3)16-14(19)9-6-10-15(16)24-18/h6,9-10,13H,4-5,7-8,11-12H2,1-3H3. The summed E-state index contributed by atoms with van der Waals surface area (Å²) in [4.78, 5) is 17.5. The number of fused-ring (bicyclic) bond motifs is 1. The lowest BCUT2D eigenvalue weighted by Gasteiger charge is -2.10. The summed E-state index contributed by atoms with van der Waals surface area (Å²) in [6, 6.07) is 4.96. The number of hydrogen-bond acceptors (Lipinski definition) is 3. The molecule has 0 aliphatic heterocycles. The second-order valence-corrected chi connectivity index (χ2v) is 6.85. The molecule has 1 aromatic carbocycles. The number of rotatable bonds is 8. The van der Waals surface area contributed by atoms with Crippen molar-refractivity contribution in [2.24, 2.45) is 10.9 Å². The molecule has 0 radical (unpaired) electrons. The predicted molar refractivity (Wildman–Crippen MR) is 95.5 cm³/mol.